The van der Waals surface area contributed by atoms with Crippen LogP contribution >= 0.6 is 0 Å². The molecule has 1 aliphatic heterocycles. The lowest BCUT2D eigenvalue weighted by molar-refractivity contribution is -0.120. The summed E-state index contributed by atoms with van der Waals surface area (Å²) in [4.78, 5) is 23.4. The molecule has 1 unspecified atom stereocenters. The summed E-state index contributed by atoms with van der Waals surface area (Å²) in [5, 5.41) is 2.83. The maximum absolute atomic E-state index is 11.8. The van der Waals surface area contributed by atoms with Gasteiger partial charge in [0, 0.05) is 6.54 Å². The number of hydrogen-bond donors (Lipinski definition) is 1. The second-order valence-corrected chi connectivity index (χ2v) is 4.65. The monoisotopic (exact) mass is 263 g/mol. The SMILES string of the molecule is COC(=O)c1ccc([C@@H]2C(=O)NCC2C)cc1OC. The summed E-state index contributed by atoms with van der Waals surface area (Å²) < 4.78 is 9.89. The zero-order valence-corrected chi connectivity index (χ0v) is 11.2. The third kappa shape index (κ3) is 2.41. The van der Waals surface area contributed by atoms with Crippen LogP contribution in [-0.2, 0) is 9.53 Å². The summed E-state index contributed by atoms with van der Waals surface area (Å²) in [5.41, 5.74) is 1.21. The van der Waals surface area contributed by atoms with Crippen molar-refractivity contribution in [1.29, 1.82) is 0 Å². The van der Waals surface area contributed by atoms with Crippen molar-refractivity contribution in [1.82, 2.24) is 5.32 Å². The van der Waals surface area contributed by atoms with Gasteiger partial charge in [0.05, 0.1) is 20.1 Å². The van der Waals surface area contributed by atoms with Gasteiger partial charge in [-0.15, -0.1) is 0 Å². The lowest BCUT2D eigenvalue weighted by Gasteiger charge is -2.15. The lowest BCUT2D eigenvalue weighted by atomic mass is 9.89. The van der Waals surface area contributed by atoms with Crippen molar-refractivity contribution in [3.63, 3.8) is 0 Å². The summed E-state index contributed by atoms with van der Waals surface area (Å²) in [6.07, 6.45) is 0. The van der Waals surface area contributed by atoms with Crippen LogP contribution in [0.25, 0.3) is 0 Å². The van der Waals surface area contributed by atoms with Crippen LogP contribution in [-0.4, -0.2) is 32.6 Å². The summed E-state index contributed by atoms with van der Waals surface area (Å²) in [7, 11) is 2.81. The fourth-order valence-corrected chi connectivity index (χ4v) is 2.41. The van der Waals surface area contributed by atoms with E-state index in [1.165, 1.54) is 14.2 Å². The molecule has 1 amide bonds. The molecule has 5 heteroatoms. The predicted octanol–water partition coefficient (Wildman–Crippen LogP) is 1.33. The van der Waals surface area contributed by atoms with Crippen LogP contribution in [0.5, 0.6) is 5.75 Å². The highest BCUT2D eigenvalue weighted by molar-refractivity contribution is 5.93. The zero-order valence-electron chi connectivity index (χ0n) is 11.2. The molecule has 1 fully saturated rings. The number of nitrogens with one attached hydrogen (secondary N) is 1. The normalized spacial score (nSPS) is 21.9. The molecule has 1 heterocycles. The van der Waals surface area contributed by atoms with Crippen LogP contribution in [0, 0.1) is 5.92 Å². The quantitative estimate of drug-likeness (QED) is 0.836. The van der Waals surface area contributed by atoms with Crippen LogP contribution in [0.3, 0.4) is 0 Å². The molecule has 1 aromatic rings. The van der Waals surface area contributed by atoms with Crippen molar-refractivity contribution in [3.05, 3.63) is 29.3 Å². The molecule has 1 saturated heterocycles. The number of carbonyl (C=O) groups excluding carboxylic acids is 2. The highest BCUT2D eigenvalue weighted by Crippen LogP contribution is 2.32. The van der Waals surface area contributed by atoms with Gasteiger partial charge >= 0.3 is 5.97 Å². The minimum absolute atomic E-state index is 0.0142. The molecular weight excluding hydrogens is 246 g/mol. The number of rotatable bonds is 3. The van der Waals surface area contributed by atoms with Crippen molar-refractivity contribution in [2.24, 2.45) is 5.92 Å². The molecule has 1 aliphatic rings. The predicted molar refractivity (Wildman–Crippen MR) is 69.2 cm³/mol. The van der Waals surface area contributed by atoms with Crippen molar-refractivity contribution < 1.29 is 19.1 Å². The molecular formula is C14H17NO4. The molecule has 2 rings (SSSR count). The van der Waals surface area contributed by atoms with E-state index in [4.69, 9.17) is 4.74 Å². The number of carbonyl (C=O) groups is 2. The number of esters is 1. The Bertz CT molecular complexity index is 512. The number of benzene rings is 1. The van der Waals surface area contributed by atoms with Gasteiger partial charge in [0.25, 0.3) is 0 Å². The van der Waals surface area contributed by atoms with E-state index in [9.17, 15) is 9.59 Å². The topological polar surface area (TPSA) is 64.6 Å². The number of amides is 1. The van der Waals surface area contributed by atoms with E-state index in [0.717, 1.165) is 5.56 Å². The molecule has 102 valence electrons. The molecule has 1 N–H and O–H groups in total. The number of hydrogen-bond acceptors (Lipinski definition) is 4. The Morgan fingerprint density at radius 3 is 2.63 bits per heavy atom. The fourth-order valence-electron chi connectivity index (χ4n) is 2.41. The van der Waals surface area contributed by atoms with Crippen molar-refractivity contribution in [3.8, 4) is 5.75 Å². The maximum Gasteiger partial charge on any atom is 0.341 e. The molecule has 0 bridgehead atoms. The van der Waals surface area contributed by atoms with Gasteiger partial charge in [0.2, 0.25) is 5.91 Å². The summed E-state index contributed by atoms with van der Waals surface area (Å²) in [5.74, 6) is 0.0192. The zero-order chi connectivity index (χ0) is 14.0. The van der Waals surface area contributed by atoms with E-state index in [1.54, 1.807) is 18.2 Å². The van der Waals surface area contributed by atoms with E-state index >= 15 is 0 Å². The first-order valence-corrected chi connectivity index (χ1v) is 6.12. The van der Waals surface area contributed by atoms with E-state index in [-0.39, 0.29) is 17.7 Å². The summed E-state index contributed by atoms with van der Waals surface area (Å²) in [6.45, 7) is 2.69. The smallest absolute Gasteiger partial charge is 0.341 e. The third-order valence-corrected chi connectivity index (χ3v) is 3.44. The average Bonchev–Trinajstić information content (AvgIpc) is 2.76. The minimum atomic E-state index is -0.452. The van der Waals surface area contributed by atoms with Crippen molar-refractivity contribution in [2.45, 2.75) is 12.8 Å². The van der Waals surface area contributed by atoms with E-state index in [0.29, 0.717) is 17.9 Å². The molecule has 5 nitrogen and oxygen atoms in total. The second kappa shape index (κ2) is 5.30. The highest BCUT2D eigenvalue weighted by atomic mass is 16.5. The molecule has 1 aromatic carbocycles. The first kappa shape index (κ1) is 13.4. The fraction of sp³-hybridized carbons (Fsp3) is 0.429. The Kier molecular flexibility index (Phi) is 3.74. The van der Waals surface area contributed by atoms with Gasteiger partial charge in [-0.1, -0.05) is 13.0 Å². The lowest BCUT2D eigenvalue weighted by Crippen LogP contribution is -2.18. The second-order valence-electron chi connectivity index (χ2n) is 4.65. The molecule has 0 radical (unpaired) electrons. The van der Waals surface area contributed by atoms with Gasteiger partial charge < -0.3 is 14.8 Å². The maximum atomic E-state index is 11.8. The standard InChI is InChI=1S/C14H17NO4/c1-8-7-15-13(16)12(8)9-4-5-10(14(17)19-3)11(6-9)18-2/h4-6,8,12H,7H2,1-3H3,(H,15,16)/t8?,12-/m1/s1. The summed E-state index contributed by atoms with van der Waals surface area (Å²) in [6, 6.07) is 5.15. The first-order chi connectivity index (χ1) is 9.08. The van der Waals surface area contributed by atoms with Crippen LogP contribution in [0.15, 0.2) is 18.2 Å². The Morgan fingerprint density at radius 2 is 2.11 bits per heavy atom. The van der Waals surface area contributed by atoms with Crippen LogP contribution in [0.1, 0.15) is 28.8 Å². The van der Waals surface area contributed by atoms with Gasteiger partial charge in [0.15, 0.2) is 0 Å². The van der Waals surface area contributed by atoms with Crippen LogP contribution in [0.4, 0.5) is 0 Å². The van der Waals surface area contributed by atoms with Gasteiger partial charge in [-0.25, -0.2) is 4.79 Å². The van der Waals surface area contributed by atoms with Gasteiger partial charge in [-0.05, 0) is 23.6 Å². The van der Waals surface area contributed by atoms with Crippen LogP contribution in [0.2, 0.25) is 0 Å². The minimum Gasteiger partial charge on any atom is -0.496 e. The molecule has 0 saturated carbocycles. The highest BCUT2D eigenvalue weighted by Gasteiger charge is 2.33. The Morgan fingerprint density at radius 1 is 1.37 bits per heavy atom. The molecule has 0 aliphatic carbocycles. The molecule has 0 spiro atoms. The Hall–Kier alpha value is -2.04. The largest absolute Gasteiger partial charge is 0.496 e. The van der Waals surface area contributed by atoms with E-state index < -0.39 is 5.97 Å². The number of ether oxygens (including phenoxy) is 2. The Balaban J connectivity index is 2.39. The van der Waals surface area contributed by atoms with Crippen LogP contribution < -0.4 is 10.1 Å². The van der Waals surface area contributed by atoms with Crippen molar-refractivity contribution >= 4 is 11.9 Å². The van der Waals surface area contributed by atoms with Crippen molar-refractivity contribution in [2.75, 3.05) is 20.8 Å². The Labute approximate surface area is 111 Å². The summed E-state index contributed by atoms with van der Waals surface area (Å²) >= 11 is 0. The van der Waals surface area contributed by atoms with Gasteiger partial charge in [0.1, 0.15) is 11.3 Å². The van der Waals surface area contributed by atoms with E-state index in [2.05, 4.69) is 10.1 Å². The number of methoxy groups -OCH3 is 2. The first-order valence-electron chi connectivity index (χ1n) is 6.12. The molecule has 0 aromatic heterocycles. The molecule has 19 heavy (non-hydrogen) atoms. The molecule has 2 atom stereocenters. The van der Waals surface area contributed by atoms with Gasteiger partial charge in [-0.2, -0.15) is 0 Å². The third-order valence-electron chi connectivity index (χ3n) is 3.44. The average molecular weight is 263 g/mol. The van der Waals surface area contributed by atoms with E-state index in [1.807, 2.05) is 6.92 Å². The van der Waals surface area contributed by atoms with Gasteiger partial charge in [-0.3, -0.25) is 4.79 Å².